The number of anilines is 1. The molecule has 0 heterocycles. The average molecular weight is 268 g/mol. The predicted octanol–water partition coefficient (Wildman–Crippen LogP) is 1.14. The zero-order chi connectivity index (χ0) is 10.9. The fraction of sp³-hybridized carbons (Fsp3) is 0.125. The Hall–Kier alpha value is -1.04. The molecule has 14 heavy (non-hydrogen) atoms. The maximum atomic E-state index is 12.2. The molecule has 0 fully saturated rings. The van der Waals surface area contributed by atoms with Gasteiger partial charge in [0.2, 0.25) is 0 Å². The maximum Gasteiger partial charge on any atom is 0.477 e. The van der Waals surface area contributed by atoms with Gasteiger partial charge in [0.15, 0.2) is 0 Å². The van der Waals surface area contributed by atoms with Gasteiger partial charge in [0.25, 0.3) is 5.71 Å². The lowest BCUT2D eigenvalue weighted by molar-refractivity contribution is -0.166. The lowest BCUT2D eigenvalue weighted by Gasteiger charge is -2.06. The van der Waals surface area contributed by atoms with Gasteiger partial charge in [-0.25, -0.2) is 5.41 Å². The van der Waals surface area contributed by atoms with Crippen LogP contribution in [0.25, 0.3) is 0 Å². The van der Waals surface area contributed by atoms with Crippen LogP contribution in [-0.4, -0.2) is 11.9 Å². The van der Waals surface area contributed by atoms with Crippen LogP contribution >= 0.6 is 15.9 Å². The van der Waals surface area contributed by atoms with Crippen LogP contribution in [0.5, 0.6) is 0 Å². The first kappa shape index (κ1) is 11.0. The van der Waals surface area contributed by atoms with Gasteiger partial charge in [0.05, 0.1) is 5.56 Å². The van der Waals surface area contributed by atoms with E-state index in [2.05, 4.69) is 15.9 Å². The van der Waals surface area contributed by atoms with E-state index in [1.54, 1.807) is 0 Å². The average Bonchev–Trinajstić information content (AvgIpc) is 2.01. The molecule has 1 aromatic carbocycles. The highest BCUT2D eigenvalue weighted by molar-refractivity contribution is 9.10. The summed E-state index contributed by atoms with van der Waals surface area (Å²) >= 11 is 3.08. The highest BCUT2D eigenvalue weighted by Crippen LogP contribution is 2.25. The van der Waals surface area contributed by atoms with Gasteiger partial charge in [0, 0.05) is 10.2 Å². The molecule has 0 saturated heterocycles. The molecule has 0 aliphatic carbocycles. The van der Waals surface area contributed by atoms with E-state index in [-0.39, 0.29) is 11.3 Å². The number of hydrogen-bond acceptors (Lipinski definition) is 1. The molecule has 0 spiro atoms. The number of hydrogen-bond donors (Lipinski definition) is 2. The quantitative estimate of drug-likeness (QED) is 0.582. The minimum atomic E-state index is -4.55. The van der Waals surface area contributed by atoms with E-state index < -0.39 is 11.9 Å². The summed E-state index contributed by atoms with van der Waals surface area (Å²) in [5.41, 5.74) is 4.01. The van der Waals surface area contributed by atoms with Crippen molar-refractivity contribution in [2.24, 2.45) is 0 Å². The summed E-state index contributed by atoms with van der Waals surface area (Å²) in [5.74, 6) is 0. The summed E-state index contributed by atoms with van der Waals surface area (Å²) in [5, 5.41) is 4.92. The van der Waals surface area contributed by atoms with Crippen molar-refractivity contribution in [2.75, 3.05) is 5.73 Å². The third-order valence-electron chi connectivity index (χ3n) is 1.61. The van der Waals surface area contributed by atoms with Gasteiger partial charge in [-0.1, -0.05) is 15.9 Å². The van der Waals surface area contributed by atoms with Crippen LogP contribution in [0.1, 0.15) is 5.56 Å². The summed E-state index contributed by atoms with van der Waals surface area (Å²) in [6.45, 7) is 0. The third-order valence-corrected chi connectivity index (χ3v) is 2.10. The van der Waals surface area contributed by atoms with Crippen molar-refractivity contribution < 1.29 is 18.6 Å². The smallest absolute Gasteiger partial charge is 0.398 e. The van der Waals surface area contributed by atoms with Crippen molar-refractivity contribution in [3.63, 3.8) is 0 Å². The van der Waals surface area contributed by atoms with Crippen LogP contribution in [0.15, 0.2) is 22.7 Å². The Morgan fingerprint density at radius 1 is 1.36 bits per heavy atom. The number of rotatable bonds is 1. The highest BCUT2D eigenvalue weighted by atomic mass is 79.9. The van der Waals surface area contributed by atoms with E-state index >= 15 is 0 Å². The molecule has 0 bridgehead atoms. The van der Waals surface area contributed by atoms with Gasteiger partial charge in [-0.05, 0) is 18.2 Å². The molecular formula is C8H7BrF3N2+. The summed E-state index contributed by atoms with van der Waals surface area (Å²) in [7, 11) is 0. The van der Waals surface area contributed by atoms with E-state index in [1.165, 1.54) is 18.2 Å². The second kappa shape index (κ2) is 3.61. The number of nitrogen functional groups attached to an aromatic ring is 1. The number of nitrogens with two attached hydrogens (primary N) is 2. The minimum absolute atomic E-state index is 0.00537. The Labute approximate surface area is 86.6 Å². The van der Waals surface area contributed by atoms with E-state index in [0.717, 1.165) is 0 Å². The molecule has 4 N–H and O–H groups in total. The number of halogens is 4. The number of alkyl halides is 3. The van der Waals surface area contributed by atoms with Crippen molar-refractivity contribution in [1.29, 1.82) is 0 Å². The van der Waals surface area contributed by atoms with Crippen molar-refractivity contribution >= 4 is 27.3 Å². The fourth-order valence-corrected chi connectivity index (χ4v) is 1.31. The molecule has 0 unspecified atom stereocenters. The Bertz CT molecular complexity index is 373. The zero-order valence-corrected chi connectivity index (χ0v) is 8.48. The van der Waals surface area contributed by atoms with Crippen molar-refractivity contribution in [3.05, 3.63) is 28.2 Å². The van der Waals surface area contributed by atoms with E-state index in [9.17, 15) is 13.2 Å². The lowest BCUT2D eigenvalue weighted by Crippen LogP contribution is -2.49. The standard InChI is InChI=1S/C8H6BrF3N2/c9-4-1-2-5(6(13)3-4)7(14)8(10,11)12/h1-3,14H,13H2/p+1. The summed E-state index contributed by atoms with van der Waals surface area (Å²) in [6.07, 6.45) is -4.55. The van der Waals surface area contributed by atoms with Crippen LogP contribution in [0.2, 0.25) is 0 Å². The largest absolute Gasteiger partial charge is 0.477 e. The third kappa shape index (κ3) is 2.25. The Balaban J connectivity index is 3.15. The number of benzene rings is 1. The first-order valence-corrected chi connectivity index (χ1v) is 4.36. The Morgan fingerprint density at radius 3 is 2.36 bits per heavy atom. The van der Waals surface area contributed by atoms with Crippen LogP contribution in [0.4, 0.5) is 18.9 Å². The molecule has 0 saturated carbocycles. The summed E-state index contributed by atoms with van der Waals surface area (Å²) < 4.78 is 37.2. The fourth-order valence-electron chi connectivity index (χ4n) is 0.932. The van der Waals surface area contributed by atoms with Gasteiger partial charge in [-0.3, -0.25) is 0 Å². The summed E-state index contributed by atoms with van der Waals surface area (Å²) in [4.78, 5) is 0. The second-order valence-corrected chi connectivity index (χ2v) is 3.56. The predicted molar refractivity (Wildman–Crippen MR) is 50.6 cm³/mol. The van der Waals surface area contributed by atoms with Crippen molar-refractivity contribution in [2.45, 2.75) is 6.18 Å². The highest BCUT2D eigenvalue weighted by Gasteiger charge is 2.41. The second-order valence-electron chi connectivity index (χ2n) is 2.64. The van der Waals surface area contributed by atoms with Crippen molar-refractivity contribution in [1.82, 2.24) is 0 Å². The Morgan fingerprint density at radius 2 is 1.93 bits per heavy atom. The first-order chi connectivity index (χ1) is 6.32. The monoisotopic (exact) mass is 267 g/mol. The van der Waals surface area contributed by atoms with E-state index in [4.69, 9.17) is 11.1 Å². The molecule has 2 nitrogen and oxygen atoms in total. The molecule has 0 aliphatic heterocycles. The topological polar surface area (TPSA) is 51.6 Å². The lowest BCUT2D eigenvalue weighted by atomic mass is 10.1. The van der Waals surface area contributed by atoms with Gasteiger partial charge in [-0.2, -0.15) is 13.2 Å². The molecule has 0 radical (unpaired) electrons. The van der Waals surface area contributed by atoms with E-state index in [1.807, 2.05) is 0 Å². The van der Waals surface area contributed by atoms with Crippen molar-refractivity contribution in [3.8, 4) is 0 Å². The normalized spacial score (nSPS) is 11.4. The van der Waals surface area contributed by atoms with Gasteiger partial charge >= 0.3 is 6.18 Å². The molecule has 1 rings (SSSR count). The molecule has 0 aliphatic rings. The van der Waals surface area contributed by atoms with Crippen LogP contribution < -0.4 is 11.1 Å². The molecule has 0 atom stereocenters. The van der Waals surface area contributed by atoms with Crippen LogP contribution in [0.3, 0.4) is 0 Å². The zero-order valence-electron chi connectivity index (χ0n) is 6.90. The Kier molecular flexibility index (Phi) is 2.84. The van der Waals surface area contributed by atoms with Crippen LogP contribution in [-0.2, 0) is 0 Å². The molecule has 0 aromatic heterocycles. The molecule has 76 valence electrons. The van der Waals surface area contributed by atoms with E-state index in [0.29, 0.717) is 4.47 Å². The maximum absolute atomic E-state index is 12.2. The van der Waals surface area contributed by atoms with Gasteiger partial charge in [-0.15, -0.1) is 0 Å². The molecule has 0 amide bonds. The first-order valence-electron chi connectivity index (χ1n) is 3.57. The van der Waals surface area contributed by atoms with Gasteiger partial charge in [0.1, 0.15) is 0 Å². The SMILES string of the molecule is Nc1cc(Br)ccc1C(=[NH2+])C(F)(F)F. The summed E-state index contributed by atoms with van der Waals surface area (Å²) in [6, 6.07) is 4.04. The van der Waals surface area contributed by atoms with Gasteiger partial charge < -0.3 is 5.73 Å². The minimum Gasteiger partial charge on any atom is -0.398 e. The molecular weight excluding hydrogens is 261 g/mol. The molecule has 1 aromatic rings. The molecule has 6 heteroatoms. The van der Waals surface area contributed by atoms with Crippen LogP contribution in [0, 0.1) is 0 Å².